The number of halogens is 5. The summed E-state index contributed by atoms with van der Waals surface area (Å²) >= 11 is 0. The number of anilines is 1. The maximum Gasteiger partial charge on any atom is 0.416 e. The molecular weight excluding hydrogens is 415 g/mol. The monoisotopic (exact) mass is 430 g/mol. The average molecular weight is 430 g/mol. The largest absolute Gasteiger partial charge is 0.451 e. The Bertz CT molecular complexity index is 925. The minimum absolute atomic E-state index is 0.128. The van der Waals surface area contributed by atoms with Gasteiger partial charge in [-0.15, -0.1) is 0 Å². The molecule has 0 saturated carbocycles. The summed E-state index contributed by atoms with van der Waals surface area (Å²) in [4.78, 5) is 35.6. The molecule has 0 heterocycles. The van der Waals surface area contributed by atoms with Crippen LogP contribution in [0.1, 0.15) is 22.8 Å². The lowest BCUT2D eigenvalue weighted by molar-refractivity contribution is -0.152. The van der Waals surface area contributed by atoms with Gasteiger partial charge in [-0.1, -0.05) is 6.07 Å². The van der Waals surface area contributed by atoms with Gasteiger partial charge in [0.2, 0.25) is 0 Å². The summed E-state index contributed by atoms with van der Waals surface area (Å²) in [6, 6.07) is 6.23. The first-order valence-electron chi connectivity index (χ1n) is 8.39. The molecule has 30 heavy (non-hydrogen) atoms. The number of alkyl halides is 3. The zero-order chi connectivity index (χ0) is 22.5. The molecule has 2 aromatic carbocycles. The fourth-order valence-electron chi connectivity index (χ4n) is 2.20. The van der Waals surface area contributed by atoms with Crippen LogP contribution in [0.25, 0.3) is 0 Å². The number of para-hydroxylation sites is 1. The molecule has 1 atom stereocenters. The molecule has 2 amide bonds. The molecule has 11 heteroatoms. The van der Waals surface area contributed by atoms with E-state index in [9.17, 15) is 36.3 Å². The van der Waals surface area contributed by atoms with Crippen LogP contribution in [0.15, 0.2) is 42.5 Å². The van der Waals surface area contributed by atoms with E-state index in [4.69, 9.17) is 4.74 Å². The Morgan fingerprint density at radius 2 is 1.57 bits per heavy atom. The van der Waals surface area contributed by atoms with Crippen LogP contribution < -0.4 is 10.6 Å². The summed E-state index contributed by atoms with van der Waals surface area (Å²) in [7, 11) is 0. The second-order valence-electron chi connectivity index (χ2n) is 5.98. The van der Waals surface area contributed by atoms with E-state index in [1.54, 1.807) is 0 Å². The fraction of sp³-hybridized carbons (Fsp3) is 0.211. The van der Waals surface area contributed by atoms with Crippen molar-refractivity contribution in [1.82, 2.24) is 5.32 Å². The summed E-state index contributed by atoms with van der Waals surface area (Å²) < 4.78 is 69.3. The number of nitrogens with one attached hydrogen (secondary N) is 2. The van der Waals surface area contributed by atoms with Crippen LogP contribution in [0.3, 0.4) is 0 Å². The summed E-state index contributed by atoms with van der Waals surface area (Å²) in [5.41, 5.74) is -1.78. The van der Waals surface area contributed by atoms with Crippen molar-refractivity contribution >= 4 is 23.5 Å². The van der Waals surface area contributed by atoms with Crippen molar-refractivity contribution in [2.24, 2.45) is 0 Å². The number of hydrogen-bond acceptors (Lipinski definition) is 4. The quantitative estimate of drug-likeness (QED) is 0.544. The molecule has 6 nitrogen and oxygen atoms in total. The van der Waals surface area contributed by atoms with Gasteiger partial charge < -0.3 is 15.4 Å². The maximum atomic E-state index is 13.5. The highest BCUT2D eigenvalue weighted by atomic mass is 19.4. The molecule has 0 aromatic heterocycles. The van der Waals surface area contributed by atoms with Gasteiger partial charge in [0.05, 0.1) is 5.56 Å². The zero-order valence-electron chi connectivity index (χ0n) is 15.3. The molecule has 0 saturated heterocycles. The van der Waals surface area contributed by atoms with Crippen LogP contribution in [0.5, 0.6) is 0 Å². The Morgan fingerprint density at radius 1 is 1.00 bits per heavy atom. The molecule has 0 spiro atoms. The van der Waals surface area contributed by atoms with Gasteiger partial charge in [0.25, 0.3) is 11.8 Å². The Balaban J connectivity index is 1.86. The van der Waals surface area contributed by atoms with Crippen molar-refractivity contribution in [3.8, 4) is 0 Å². The predicted molar refractivity (Wildman–Crippen MR) is 94.3 cm³/mol. The predicted octanol–water partition coefficient (Wildman–Crippen LogP) is 3.28. The topological polar surface area (TPSA) is 84.5 Å². The van der Waals surface area contributed by atoms with Crippen LogP contribution in [0.4, 0.5) is 27.6 Å². The molecule has 160 valence electrons. The summed E-state index contributed by atoms with van der Waals surface area (Å²) in [6.07, 6.45) is -6.00. The van der Waals surface area contributed by atoms with E-state index in [1.807, 2.05) is 5.32 Å². The van der Waals surface area contributed by atoms with E-state index in [0.29, 0.717) is 12.1 Å². The first-order chi connectivity index (χ1) is 14.0. The van der Waals surface area contributed by atoms with Gasteiger partial charge in [-0.25, -0.2) is 8.78 Å². The highest BCUT2D eigenvalue weighted by Gasteiger charge is 2.30. The number of esters is 1. The molecule has 0 aliphatic heterocycles. The van der Waals surface area contributed by atoms with Crippen molar-refractivity contribution < 1.29 is 41.1 Å². The molecule has 2 aromatic rings. The minimum Gasteiger partial charge on any atom is -0.451 e. The van der Waals surface area contributed by atoms with Gasteiger partial charge in [0.15, 0.2) is 6.10 Å². The van der Waals surface area contributed by atoms with Gasteiger partial charge in [0, 0.05) is 5.56 Å². The van der Waals surface area contributed by atoms with E-state index < -0.39 is 59.5 Å². The third-order valence-corrected chi connectivity index (χ3v) is 3.76. The van der Waals surface area contributed by atoms with Gasteiger partial charge in [0.1, 0.15) is 23.9 Å². The maximum absolute atomic E-state index is 13.5. The first-order valence-corrected chi connectivity index (χ1v) is 8.39. The van der Waals surface area contributed by atoms with Crippen molar-refractivity contribution in [1.29, 1.82) is 0 Å². The highest BCUT2D eigenvalue weighted by molar-refractivity contribution is 5.97. The van der Waals surface area contributed by atoms with Crippen LogP contribution in [-0.4, -0.2) is 30.4 Å². The molecule has 0 aliphatic carbocycles. The van der Waals surface area contributed by atoms with Gasteiger partial charge in [-0.05, 0) is 43.3 Å². The van der Waals surface area contributed by atoms with Crippen molar-refractivity contribution in [2.75, 3.05) is 11.9 Å². The van der Waals surface area contributed by atoms with Crippen LogP contribution in [0.2, 0.25) is 0 Å². The Hall–Kier alpha value is -3.50. The highest BCUT2D eigenvalue weighted by Crippen LogP contribution is 2.29. The second-order valence-corrected chi connectivity index (χ2v) is 5.98. The van der Waals surface area contributed by atoms with E-state index >= 15 is 0 Å². The molecular formula is C19H15F5N2O4. The van der Waals surface area contributed by atoms with Crippen LogP contribution >= 0.6 is 0 Å². The Labute approximate surface area is 167 Å². The fourth-order valence-corrected chi connectivity index (χ4v) is 2.20. The third-order valence-electron chi connectivity index (χ3n) is 3.76. The number of hydrogen-bond donors (Lipinski definition) is 2. The molecule has 1 unspecified atom stereocenters. The molecule has 2 N–H and O–H groups in total. The first kappa shape index (κ1) is 22.8. The molecule has 2 rings (SSSR count). The SMILES string of the molecule is CC(OC(=O)CNC(=O)c1ccc(C(F)(F)F)cc1)C(=O)Nc1c(F)cccc1F. The van der Waals surface area contributed by atoms with Crippen LogP contribution in [-0.2, 0) is 20.5 Å². The van der Waals surface area contributed by atoms with Gasteiger partial charge in [-0.3, -0.25) is 14.4 Å². The van der Waals surface area contributed by atoms with E-state index in [0.717, 1.165) is 37.3 Å². The van der Waals surface area contributed by atoms with Crippen molar-refractivity contribution in [3.63, 3.8) is 0 Å². The smallest absolute Gasteiger partial charge is 0.416 e. The summed E-state index contributed by atoms with van der Waals surface area (Å²) in [5, 5.41) is 4.07. The van der Waals surface area contributed by atoms with E-state index in [-0.39, 0.29) is 5.56 Å². The number of carbonyl (C=O) groups is 3. The average Bonchev–Trinajstić information content (AvgIpc) is 2.68. The number of rotatable bonds is 6. The van der Waals surface area contributed by atoms with Gasteiger partial charge in [-0.2, -0.15) is 13.2 Å². The van der Waals surface area contributed by atoms with E-state index in [2.05, 4.69) is 5.32 Å². The normalized spacial score (nSPS) is 12.1. The minimum atomic E-state index is -4.55. The molecule has 0 radical (unpaired) electrons. The van der Waals surface area contributed by atoms with Crippen molar-refractivity contribution in [3.05, 3.63) is 65.2 Å². The lowest BCUT2D eigenvalue weighted by atomic mass is 10.1. The lowest BCUT2D eigenvalue weighted by Gasteiger charge is -2.14. The second kappa shape index (κ2) is 9.33. The standard InChI is InChI=1S/C19H15F5N2O4/c1-10(17(28)26-16-13(20)3-2-4-14(16)21)30-15(27)9-25-18(29)11-5-7-12(8-6-11)19(22,23)24/h2-8,10H,9H2,1H3,(H,25,29)(H,26,28). The number of benzene rings is 2. The molecule has 0 aliphatic rings. The Kier molecular flexibility index (Phi) is 7.09. The lowest BCUT2D eigenvalue weighted by Crippen LogP contribution is -2.36. The zero-order valence-corrected chi connectivity index (χ0v) is 15.3. The van der Waals surface area contributed by atoms with E-state index in [1.165, 1.54) is 0 Å². The van der Waals surface area contributed by atoms with Crippen molar-refractivity contribution in [2.45, 2.75) is 19.2 Å². The Morgan fingerprint density at radius 3 is 2.10 bits per heavy atom. The number of amides is 2. The van der Waals surface area contributed by atoms with Crippen LogP contribution in [0, 0.1) is 11.6 Å². The van der Waals surface area contributed by atoms with Gasteiger partial charge >= 0.3 is 12.1 Å². The number of ether oxygens (including phenoxy) is 1. The number of carbonyl (C=O) groups excluding carboxylic acids is 3. The summed E-state index contributed by atoms with van der Waals surface area (Å²) in [6.45, 7) is 0.454. The molecule has 0 bridgehead atoms. The summed E-state index contributed by atoms with van der Waals surface area (Å²) in [5.74, 6) is -4.95. The third kappa shape index (κ3) is 6.00. The molecule has 0 fully saturated rings.